The van der Waals surface area contributed by atoms with Crippen LogP contribution in [0, 0.1) is 0 Å². The van der Waals surface area contributed by atoms with Gasteiger partial charge in [0.05, 0.1) is 6.42 Å². The van der Waals surface area contributed by atoms with Gasteiger partial charge in [-0.2, -0.15) is 0 Å². The zero-order chi connectivity index (χ0) is 20.4. The predicted octanol–water partition coefficient (Wildman–Crippen LogP) is 4.07. The van der Waals surface area contributed by atoms with E-state index in [1.807, 2.05) is 6.92 Å². The number of hydrogen-bond acceptors (Lipinski definition) is 6. The minimum atomic E-state index is -0.500. The molecule has 0 saturated carbocycles. The monoisotopic (exact) mass is 414 g/mol. The zero-order valence-electron chi connectivity index (χ0n) is 15.8. The highest BCUT2D eigenvalue weighted by Gasteiger charge is 2.15. The van der Waals surface area contributed by atoms with Gasteiger partial charge in [-0.1, -0.05) is 24.6 Å². The Bertz CT molecular complexity index is 1130. The standard InChI is InChI=1S/C22H19ClO6/c1-2-14-9-19-16(11-17(14)23)15(10-22(25)29-19)12-28-21(24)8-13-3-4-18-20(7-13)27-6-5-26-18/h3-4,7,9-11H,2,5-6,8,12H2,1H3. The van der Waals surface area contributed by atoms with Crippen LogP contribution in [0.1, 0.15) is 23.6 Å². The van der Waals surface area contributed by atoms with Crippen molar-refractivity contribution in [3.8, 4) is 11.5 Å². The van der Waals surface area contributed by atoms with Gasteiger partial charge in [0.1, 0.15) is 25.4 Å². The fourth-order valence-electron chi connectivity index (χ4n) is 3.25. The highest BCUT2D eigenvalue weighted by Crippen LogP contribution is 2.31. The number of esters is 1. The van der Waals surface area contributed by atoms with Gasteiger partial charge in [0.25, 0.3) is 0 Å². The first-order chi connectivity index (χ1) is 14.0. The summed E-state index contributed by atoms with van der Waals surface area (Å²) >= 11 is 6.29. The molecule has 0 atom stereocenters. The van der Waals surface area contributed by atoms with E-state index in [0.29, 0.717) is 52.7 Å². The fourth-order valence-corrected chi connectivity index (χ4v) is 3.55. The van der Waals surface area contributed by atoms with Crippen LogP contribution in [0.2, 0.25) is 5.02 Å². The molecule has 1 aliphatic heterocycles. The number of carbonyl (C=O) groups is 1. The van der Waals surface area contributed by atoms with Gasteiger partial charge >= 0.3 is 11.6 Å². The van der Waals surface area contributed by atoms with Crippen molar-refractivity contribution in [2.24, 2.45) is 0 Å². The van der Waals surface area contributed by atoms with Crippen molar-refractivity contribution in [3.63, 3.8) is 0 Å². The summed E-state index contributed by atoms with van der Waals surface area (Å²) in [7, 11) is 0. The molecule has 0 unspecified atom stereocenters. The van der Waals surface area contributed by atoms with E-state index in [2.05, 4.69) is 0 Å². The maximum atomic E-state index is 12.3. The Kier molecular flexibility index (Phi) is 5.45. The summed E-state index contributed by atoms with van der Waals surface area (Å²) in [6.07, 6.45) is 0.796. The lowest BCUT2D eigenvalue weighted by atomic mass is 10.1. The van der Waals surface area contributed by atoms with Crippen LogP contribution in [0.25, 0.3) is 11.0 Å². The molecule has 2 heterocycles. The van der Waals surface area contributed by atoms with E-state index < -0.39 is 11.6 Å². The van der Waals surface area contributed by atoms with E-state index in [4.69, 9.17) is 30.2 Å². The van der Waals surface area contributed by atoms with Crippen molar-refractivity contribution in [3.05, 3.63) is 68.5 Å². The molecule has 4 rings (SSSR count). The minimum Gasteiger partial charge on any atom is -0.486 e. The van der Waals surface area contributed by atoms with Crippen LogP contribution in [0.15, 0.2) is 45.6 Å². The molecule has 0 spiro atoms. The summed E-state index contributed by atoms with van der Waals surface area (Å²) in [5.74, 6) is 0.869. The van der Waals surface area contributed by atoms with Gasteiger partial charge in [-0.05, 0) is 41.8 Å². The highest BCUT2D eigenvalue weighted by atomic mass is 35.5. The van der Waals surface area contributed by atoms with E-state index in [9.17, 15) is 9.59 Å². The van der Waals surface area contributed by atoms with Gasteiger partial charge in [0.2, 0.25) is 0 Å². The lowest BCUT2D eigenvalue weighted by Gasteiger charge is -2.18. The minimum absolute atomic E-state index is 0.0483. The Labute approximate surface area is 171 Å². The van der Waals surface area contributed by atoms with Gasteiger partial charge in [-0.15, -0.1) is 0 Å². The van der Waals surface area contributed by atoms with E-state index in [0.717, 1.165) is 11.1 Å². The van der Waals surface area contributed by atoms with Crippen LogP contribution >= 0.6 is 11.6 Å². The van der Waals surface area contributed by atoms with Crippen LogP contribution < -0.4 is 15.1 Å². The molecular weight excluding hydrogens is 396 g/mol. The first-order valence-corrected chi connectivity index (χ1v) is 9.70. The number of halogens is 1. The Hall–Kier alpha value is -2.99. The van der Waals surface area contributed by atoms with Crippen molar-refractivity contribution < 1.29 is 23.4 Å². The fraction of sp³-hybridized carbons (Fsp3) is 0.273. The van der Waals surface area contributed by atoms with E-state index in [1.54, 1.807) is 30.3 Å². The van der Waals surface area contributed by atoms with Crippen molar-refractivity contribution in [2.75, 3.05) is 13.2 Å². The van der Waals surface area contributed by atoms with Crippen LogP contribution in [-0.4, -0.2) is 19.2 Å². The van der Waals surface area contributed by atoms with Gasteiger partial charge < -0.3 is 18.6 Å². The first kappa shape index (κ1) is 19.3. The average molecular weight is 415 g/mol. The molecule has 29 heavy (non-hydrogen) atoms. The molecule has 0 amide bonds. The Morgan fingerprint density at radius 2 is 1.86 bits per heavy atom. The number of hydrogen-bond donors (Lipinski definition) is 0. The second-order valence-corrected chi connectivity index (χ2v) is 7.11. The molecule has 6 nitrogen and oxygen atoms in total. The number of ether oxygens (including phenoxy) is 3. The number of fused-ring (bicyclic) bond motifs is 2. The van der Waals surface area contributed by atoms with Gasteiger partial charge in [0, 0.05) is 22.0 Å². The molecule has 1 aromatic heterocycles. The maximum Gasteiger partial charge on any atom is 0.336 e. The molecule has 0 fully saturated rings. The molecule has 3 aromatic rings. The van der Waals surface area contributed by atoms with E-state index >= 15 is 0 Å². The number of rotatable bonds is 5. The second kappa shape index (κ2) is 8.17. The average Bonchev–Trinajstić information content (AvgIpc) is 2.72. The predicted molar refractivity (Wildman–Crippen MR) is 108 cm³/mol. The third-order valence-corrected chi connectivity index (χ3v) is 5.07. The molecule has 0 N–H and O–H groups in total. The molecule has 0 aliphatic carbocycles. The third kappa shape index (κ3) is 4.22. The Morgan fingerprint density at radius 3 is 2.66 bits per heavy atom. The molecular formula is C22H19ClO6. The summed E-state index contributed by atoms with van der Waals surface area (Å²) in [5.41, 5.74) is 2.12. The number of benzene rings is 2. The molecule has 0 radical (unpaired) electrons. The maximum absolute atomic E-state index is 12.3. The summed E-state index contributed by atoms with van der Waals surface area (Å²) in [4.78, 5) is 24.2. The van der Waals surface area contributed by atoms with Crippen LogP contribution in [0.3, 0.4) is 0 Å². The summed E-state index contributed by atoms with van der Waals surface area (Å²) in [6.45, 7) is 2.91. The number of aryl methyl sites for hydroxylation is 1. The smallest absolute Gasteiger partial charge is 0.336 e. The normalized spacial score (nSPS) is 12.8. The molecule has 7 heteroatoms. The van der Waals surface area contributed by atoms with E-state index in [1.165, 1.54) is 6.07 Å². The van der Waals surface area contributed by atoms with Crippen molar-refractivity contribution in [2.45, 2.75) is 26.4 Å². The summed E-state index contributed by atoms with van der Waals surface area (Å²) in [6, 6.07) is 10.2. The third-order valence-electron chi connectivity index (χ3n) is 4.72. The van der Waals surface area contributed by atoms with Gasteiger partial charge in [0.15, 0.2) is 11.5 Å². The molecule has 2 aromatic carbocycles. The highest BCUT2D eigenvalue weighted by molar-refractivity contribution is 6.32. The second-order valence-electron chi connectivity index (χ2n) is 6.70. The topological polar surface area (TPSA) is 75.0 Å². The van der Waals surface area contributed by atoms with Gasteiger partial charge in [-0.3, -0.25) is 4.79 Å². The van der Waals surface area contributed by atoms with Crippen LogP contribution in [-0.2, 0) is 29.0 Å². The summed E-state index contributed by atoms with van der Waals surface area (Å²) in [5, 5.41) is 1.23. The zero-order valence-corrected chi connectivity index (χ0v) is 16.6. The van der Waals surface area contributed by atoms with E-state index in [-0.39, 0.29) is 13.0 Å². The van der Waals surface area contributed by atoms with Crippen LogP contribution in [0.5, 0.6) is 11.5 Å². The first-order valence-electron chi connectivity index (χ1n) is 9.33. The SMILES string of the molecule is CCc1cc2oc(=O)cc(COC(=O)Cc3ccc4c(c3)OCCO4)c2cc1Cl. The van der Waals surface area contributed by atoms with Gasteiger partial charge in [-0.25, -0.2) is 4.79 Å². The number of carbonyl (C=O) groups excluding carboxylic acids is 1. The lowest BCUT2D eigenvalue weighted by Crippen LogP contribution is -2.16. The Morgan fingerprint density at radius 1 is 1.07 bits per heavy atom. The molecule has 0 bridgehead atoms. The molecule has 0 saturated heterocycles. The lowest BCUT2D eigenvalue weighted by molar-refractivity contribution is -0.144. The van der Waals surface area contributed by atoms with Crippen molar-refractivity contribution in [1.82, 2.24) is 0 Å². The van der Waals surface area contributed by atoms with Crippen molar-refractivity contribution >= 4 is 28.5 Å². The van der Waals surface area contributed by atoms with Crippen LogP contribution in [0.4, 0.5) is 0 Å². The Balaban J connectivity index is 1.50. The molecule has 150 valence electrons. The quantitative estimate of drug-likeness (QED) is 0.463. The van der Waals surface area contributed by atoms with Crippen molar-refractivity contribution in [1.29, 1.82) is 0 Å². The largest absolute Gasteiger partial charge is 0.486 e. The summed E-state index contributed by atoms with van der Waals surface area (Å²) < 4.78 is 21.7. The molecule has 1 aliphatic rings.